The predicted molar refractivity (Wildman–Crippen MR) is 53.4 cm³/mol. The molecular weight excluding hydrogens is 287 g/mol. The highest BCUT2D eigenvalue weighted by Gasteiger charge is 2.11. The smallest absolute Gasteiger partial charge is 0.252 e. The summed E-state index contributed by atoms with van der Waals surface area (Å²) < 4.78 is 2.21. The summed E-state index contributed by atoms with van der Waals surface area (Å²) in [5.41, 5.74) is 2.42. The van der Waals surface area contributed by atoms with Crippen molar-refractivity contribution in [2.45, 2.75) is 13.5 Å². The molecule has 0 saturated carbocycles. The largest absolute Gasteiger partial charge is 1.00 e. The fourth-order valence-electron chi connectivity index (χ4n) is 1.62. The molecule has 0 aliphatic heterocycles. The molecule has 1 N–H and O–H groups in total. The van der Waals surface area contributed by atoms with Gasteiger partial charge in [0.15, 0.2) is 11.0 Å². The third-order valence-corrected chi connectivity index (χ3v) is 2.23. The Balaban J connectivity index is 0.000000980. The number of hydrogen-bond donors (Lipinski definition) is 1. The Morgan fingerprint density at radius 2 is 2.14 bits per heavy atom. The molecule has 1 aromatic heterocycles. The van der Waals surface area contributed by atoms with E-state index in [0.717, 1.165) is 6.54 Å². The van der Waals surface area contributed by atoms with Crippen LogP contribution in [0.4, 0.5) is 0 Å². The first kappa shape index (κ1) is 11.2. The van der Waals surface area contributed by atoms with Gasteiger partial charge < -0.3 is 24.0 Å². The Kier molecular flexibility index (Phi) is 3.69. The van der Waals surface area contributed by atoms with E-state index in [4.69, 9.17) is 0 Å². The third-order valence-electron chi connectivity index (χ3n) is 2.23. The van der Waals surface area contributed by atoms with Gasteiger partial charge in [0.05, 0.1) is 0 Å². The molecule has 0 aliphatic rings. The summed E-state index contributed by atoms with van der Waals surface area (Å²) in [5, 5.41) is 0. The van der Waals surface area contributed by atoms with Gasteiger partial charge >= 0.3 is 0 Å². The average Bonchev–Trinajstić information content (AvgIpc) is 2.44. The Morgan fingerprint density at radius 1 is 1.43 bits per heavy atom. The number of allylic oxidation sites excluding steroid dienone is 1. The lowest BCUT2D eigenvalue weighted by atomic mass is 10.3. The number of nitrogens with one attached hydrogen (secondary N) is 1. The van der Waals surface area contributed by atoms with E-state index in [-0.39, 0.29) is 24.0 Å². The minimum Gasteiger partial charge on any atom is -1.00 e. The highest BCUT2D eigenvalue weighted by atomic mass is 127. The fraction of sp³-hybridized carbons (Fsp3) is 0.182. The van der Waals surface area contributed by atoms with Gasteiger partial charge in [-0.2, -0.15) is 0 Å². The van der Waals surface area contributed by atoms with Crippen LogP contribution in [0.1, 0.15) is 5.82 Å². The van der Waals surface area contributed by atoms with E-state index in [0.29, 0.717) is 0 Å². The van der Waals surface area contributed by atoms with Gasteiger partial charge in [-0.1, -0.05) is 24.8 Å². The van der Waals surface area contributed by atoms with Crippen LogP contribution < -0.4 is 28.5 Å². The number of halogens is 1. The van der Waals surface area contributed by atoms with Gasteiger partial charge in [0.1, 0.15) is 6.54 Å². The van der Waals surface area contributed by atoms with Crippen LogP contribution in [-0.2, 0) is 6.54 Å². The number of benzene rings is 1. The number of aryl methyl sites for hydroxylation is 1. The van der Waals surface area contributed by atoms with E-state index in [1.165, 1.54) is 16.9 Å². The van der Waals surface area contributed by atoms with Gasteiger partial charge in [-0.3, -0.25) is 0 Å². The normalized spacial score (nSPS) is 9.79. The summed E-state index contributed by atoms with van der Waals surface area (Å²) in [5.74, 6) is 1.17. The molecule has 1 heterocycles. The maximum absolute atomic E-state index is 3.75. The maximum atomic E-state index is 3.75. The molecule has 0 fully saturated rings. The molecular formula is C11H13IN2. The second-order valence-corrected chi connectivity index (χ2v) is 3.13. The molecule has 3 heteroatoms. The first-order valence-electron chi connectivity index (χ1n) is 4.41. The molecule has 0 bridgehead atoms. The zero-order valence-corrected chi connectivity index (χ0v) is 10.3. The quantitative estimate of drug-likeness (QED) is 0.415. The standard InChI is InChI=1S/C11H12N2.HI/c1-3-8-13-9(2)12-10-6-4-5-7-11(10)13;/h3-7H,1,8H2,2H3;1H. The zero-order valence-electron chi connectivity index (χ0n) is 8.13. The van der Waals surface area contributed by atoms with Crippen LogP contribution in [0.5, 0.6) is 0 Å². The van der Waals surface area contributed by atoms with E-state index >= 15 is 0 Å². The molecule has 74 valence electrons. The Hall–Kier alpha value is -0.840. The molecule has 0 spiro atoms. The lowest BCUT2D eigenvalue weighted by Gasteiger charge is -1.92. The van der Waals surface area contributed by atoms with Crippen LogP contribution in [0, 0.1) is 6.92 Å². The van der Waals surface area contributed by atoms with Crippen molar-refractivity contribution in [3.8, 4) is 0 Å². The van der Waals surface area contributed by atoms with Crippen LogP contribution in [0.25, 0.3) is 11.0 Å². The third kappa shape index (κ3) is 1.82. The van der Waals surface area contributed by atoms with Gasteiger partial charge in [-0.15, -0.1) is 0 Å². The van der Waals surface area contributed by atoms with E-state index < -0.39 is 0 Å². The van der Waals surface area contributed by atoms with Crippen molar-refractivity contribution >= 4 is 11.0 Å². The van der Waals surface area contributed by atoms with Gasteiger partial charge in [0, 0.05) is 6.92 Å². The number of H-pyrrole nitrogens is 1. The average molecular weight is 300 g/mol. The number of hydrogen-bond acceptors (Lipinski definition) is 0. The highest BCUT2D eigenvalue weighted by Crippen LogP contribution is 2.07. The second-order valence-electron chi connectivity index (χ2n) is 3.13. The minimum absolute atomic E-state index is 0. The van der Waals surface area contributed by atoms with Crippen LogP contribution in [-0.4, -0.2) is 4.98 Å². The highest BCUT2D eigenvalue weighted by molar-refractivity contribution is 5.70. The summed E-state index contributed by atoms with van der Waals surface area (Å²) in [7, 11) is 0. The van der Waals surface area contributed by atoms with Crippen LogP contribution >= 0.6 is 0 Å². The second kappa shape index (κ2) is 4.59. The molecule has 0 saturated heterocycles. The fourth-order valence-corrected chi connectivity index (χ4v) is 1.62. The number of aromatic amines is 1. The molecule has 0 amide bonds. The minimum atomic E-state index is 0. The molecule has 2 rings (SSSR count). The number of fused-ring (bicyclic) bond motifs is 1. The van der Waals surface area contributed by atoms with Gasteiger partial charge in [0.2, 0.25) is 0 Å². The number of para-hydroxylation sites is 2. The molecule has 0 radical (unpaired) electrons. The summed E-state index contributed by atoms with van der Waals surface area (Å²) >= 11 is 0. The molecule has 0 unspecified atom stereocenters. The zero-order chi connectivity index (χ0) is 9.26. The van der Waals surface area contributed by atoms with E-state index in [1.807, 2.05) is 12.1 Å². The van der Waals surface area contributed by atoms with E-state index in [9.17, 15) is 0 Å². The Labute approximate surface area is 101 Å². The van der Waals surface area contributed by atoms with Crippen molar-refractivity contribution in [2.75, 3.05) is 0 Å². The van der Waals surface area contributed by atoms with Gasteiger partial charge in [0.25, 0.3) is 5.82 Å². The molecule has 0 aliphatic carbocycles. The van der Waals surface area contributed by atoms with Crippen molar-refractivity contribution in [1.29, 1.82) is 0 Å². The molecule has 2 nitrogen and oxygen atoms in total. The first-order chi connectivity index (χ1) is 6.33. The van der Waals surface area contributed by atoms with E-state index in [1.54, 1.807) is 0 Å². The van der Waals surface area contributed by atoms with Crippen LogP contribution in [0.15, 0.2) is 36.9 Å². The summed E-state index contributed by atoms with van der Waals surface area (Å²) in [4.78, 5) is 3.33. The number of rotatable bonds is 2. The number of aromatic nitrogens is 2. The Morgan fingerprint density at radius 3 is 2.86 bits per heavy atom. The van der Waals surface area contributed by atoms with Crippen molar-refractivity contribution in [2.24, 2.45) is 0 Å². The number of nitrogens with zero attached hydrogens (tertiary/aromatic N) is 1. The van der Waals surface area contributed by atoms with Crippen LogP contribution in [0.3, 0.4) is 0 Å². The molecule has 0 atom stereocenters. The lowest BCUT2D eigenvalue weighted by Crippen LogP contribution is -3.00. The van der Waals surface area contributed by atoms with Crippen molar-refractivity contribution in [3.63, 3.8) is 0 Å². The van der Waals surface area contributed by atoms with Crippen molar-refractivity contribution in [1.82, 2.24) is 4.98 Å². The van der Waals surface area contributed by atoms with Crippen LogP contribution in [0.2, 0.25) is 0 Å². The van der Waals surface area contributed by atoms with E-state index in [2.05, 4.69) is 41.3 Å². The predicted octanol–water partition coefficient (Wildman–Crippen LogP) is -1.05. The molecule has 2 aromatic rings. The lowest BCUT2D eigenvalue weighted by molar-refractivity contribution is -0.667. The maximum Gasteiger partial charge on any atom is 0.252 e. The topological polar surface area (TPSA) is 19.7 Å². The first-order valence-corrected chi connectivity index (χ1v) is 4.41. The van der Waals surface area contributed by atoms with Gasteiger partial charge in [-0.25, -0.2) is 9.55 Å². The summed E-state index contributed by atoms with van der Waals surface area (Å²) in [6.07, 6.45) is 1.91. The van der Waals surface area contributed by atoms with Crippen molar-refractivity contribution in [3.05, 3.63) is 42.7 Å². The summed E-state index contributed by atoms with van der Waals surface area (Å²) in [6, 6.07) is 8.29. The SMILES string of the molecule is C=CC[n+]1c(C)[nH]c2ccccc21.[I-]. The van der Waals surface area contributed by atoms with Gasteiger partial charge in [-0.05, 0) is 12.1 Å². The molecule has 14 heavy (non-hydrogen) atoms. The Bertz CT molecular complexity index is 445. The monoisotopic (exact) mass is 300 g/mol. The molecule has 1 aromatic carbocycles. The summed E-state index contributed by atoms with van der Waals surface area (Å²) in [6.45, 7) is 6.68. The van der Waals surface area contributed by atoms with Crippen molar-refractivity contribution < 1.29 is 28.5 Å². The number of imidazole rings is 1.